The summed E-state index contributed by atoms with van der Waals surface area (Å²) in [5, 5.41) is 3.69. The van der Waals surface area contributed by atoms with E-state index in [4.69, 9.17) is 9.26 Å². The van der Waals surface area contributed by atoms with Crippen molar-refractivity contribution in [1.82, 2.24) is 10.1 Å². The predicted molar refractivity (Wildman–Crippen MR) is 150 cm³/mol. The molecule has 0 saturated heterocycles. The quantitative estimate of drug-likeness (QED) is 0.276. The summed E-state index contributed by atoms with van der Waals surface area (Å²) in [6, 6.07) is 0. The van der Waals surface area contributed by atoms with Crippen molar-refractivity contribution in [2.45, 2.75) is 126 Å². The molecule has 4 aliphatic rings. The molecule has 5 rings (SSSR count). The van der Waals surface area contributed by atoms with E-state index in [0.717, 1.165) is 24.7 Å². The van der Waals surface area contributed by atoms with Crippen molar-refractivity contribution in [3.05, 3.63) is 35.0 Å². The molecule has 0 amide bonds. The van der Waals surface area contributed by atoms with Crippen LogP contribution < -0.4 is 0 Å². The first-order valence-corrected chi connectivity index (χ1v) is 15.2. The second kappa shape index (κ2) is 9.63. The van der Waals surface area contributed by atoms with Gasteiger partial charge in [-0.3, -0.25) is 0 Å². The van der Waals surface area contributed by atoms with Crippen LogP contribution in [0.25, 0.3) is 0 Å². The third kappa shape index (κ3) is 4.13. The van der Waals surface area contributed by atoms with Crippen LogP contribution in [0.1, 0.15) is 130 Å². The summed E-state index contributed by atoms with van der Waals surface area (Å²) < 4.78 is 10.8. The Balaban J connectivity index is 1.39. The zero-order valence-electron chi connectivity index (χ0n) is 25.2. The minimum Gasteiger partial charge on any atom is -0.456 e. The lowest BCUT2D eigenvalue weighted by Crippen LogP contribution is -2.55. The monoisotopic (exact) mass is 522 g/mol. The van der Waals surface area contributed by atoms with Gasteiger partial charge in [-0.1, -0.05) is 69.5 Å². The van der Waals surface area contributed by atoms with E-state index in [1.165, 1.54) is 63.3 Å². The van der Waals surface area contributed by atoms with Gasteiger partial charge in [0.2, 0.25) is 6.39 Å². The predicted octanol–water partition coefficient (Wildman–Crippen LogP) is 8.73. The number of fused-ring (bicyclic) bond motifs is 4. The Bertz CT molecular complexity index is 1110. The van der Waals surface area contributed by atoms with Gasteiger partial charge in [-0.2, -0.15) is 4.98 Å². The van der Waals surface area contributed by atoms with E-state index in [1.807, 2.05) is 5.57 Å². The molecule has 2 saturated carbocycles. The molecule has 0 N–H and O–H groups in total. The van der Waals surface area contributed by atoms with E-state index in [9.17, 15) is 4.79 Å². The number of carbonyl (C=O) groups is 1. The van der Waals surface area contributed by atoms with Gasteiger partial charge < -0.3 is 9.26 Å². The Labute approximate surface area is 230 Å². The van der Waals surface area contributed by atoms with E-state index in [1.54, 1.807) is 5.57 Å². The van der Waals surface area contributed by atoms with Crippen molar-refractivity contribution in [3.8, 4) is 0 Å². The van der Waals surface area contributed by atoms with Gasteiger partial charge in [0, 0.05) is 5.41 Å². The van der Waals surface area contributed by atoms with E-state index >= 15 is 0 Å². The molecule has 5 nitrogen and oxygen atoms in total. The Morgan fingerprint density at radius 3 is 2.53 bits per heavy atom. The fourth-order valence-corrected chi connectivity index (χ4v) is 10.1. The number of hydrogen-bond donors (Lipinski definition) is 0. The highest BCUT2D eigenvalue weighted by Crippen LogP contribution is 2.72. The van der Waals surface area contributed by atoms with E-state index in [0.29, 0.717) is 16.7 Å². The molecule has 0 bridgehead atoms. The Morgan fingerprint density at radius 2 is 1.84 bits per heavy atom. The molecular formula is C33H50N2O3. The summed E-state index contributed by atoms with van der Waals surface area (Å²) in [6.07, 6.45) is 15.6. The lowest BCUT2D eigenvalue weighted by molar-refractivity contribution is -0.104. The number of aromatic nitrogens is 2. The van der Waals surface area contributed by atoms with Crippen molar-refractivity contribution in [2.75, 3.05) is 0 Å². The Kier molecular flexibility index (Phi) is 7.00. The van der Waals surface area contributed by atoms with Crippen LogP contribution in [0.4, 0.5) is 0 Å². The molecular weight excluding hydrogens is 472 g/mol. The lowest BCUT2D eigenvalue weighted by atomic mass is 9.43. The maximum atomic E-state index is 12.7. The molecule has 1 unspecified atom stereocenters. The zero-order valence-corrected chi connectivity index (χ0v) is 25.2. The van der Waals surface area contributed by atoms with Gasteiger partial charge in [0.15, 0.2) is 0 Å². The molecule has 0 spiro atoms. The summed E-state index contributed by atoms with van der Waals surface area (Å²) in [5.41, 5.74) is 5.83. The van der Waals surface area contributed by atoms with Gasteiger partial charge in [-0.25, -0.2) is 4.79 Å². The molecule has 2 fully saturated rings. The second-order valence-corrected chi connectivity index (χ2v) is 14.7. The van der Waals surface area contributed by atoms with Gasteiger partial charge in [0.05, 0.1) is 0 Å². The van der Waals surface area contributed by atoms with Crippen LogP contribution in [0.5, 0.6) is 0 Å². The SMILES string of the molecule is CC(C)=CCC[C@@H](C)[C@H]1CC[C@@]2(C)C3=C(CC[C@]12C)[C@@]1(C)CC[C@H](OC(=O)c2ncon2)C(C)(C)C1CC3. The van der Waals surface area contributed by atoms with Crippen molar-refractivity contribution in [1.29, 1.82) is 0 Å². The molecule has 1 aromatic heterocycles. The third-order valence-corrected chi connectivity index (χ3v) is 12.4. The van der Waals surface area contributed by atoms with E-state index < -0.39 is 5.97 Å². The van der Waals surface area contributed by atoms with Gasteiger partial charge in [-0.15, -0.1) is 0 Å². The normalized spacial score (nSPS) is 38.6. The first-order valence-electron chi connectivity index (χ1n) is 15.2. The van der Waals surface area contributed by atoms with Crippen molar-refractivity contribution < 1.29 is 14.1 Å². The number of hydrogen-bond acceptors (Lipinski definition) is 5. The van der Waals surface area contributed by atoms with Crippen molar-refractivity contribution in [3.63, 3.8) is 0 Å². The summed E-state index contributed by atoms with van der Waals surface area (Å²) in [7, 11) is 0. The fraction of sp³-hybridized carbons (Fsp3) is 0.788. The highest BCUT2D eigenvalue weighted by Gasteiger charge is 2.63. The fourth-order valence-electron chi connectivity index (χ4n) is 10.1. The summed E-state index contributed by atoms with van der Waals surface area (Å²) in [5.74, 6) is 1.64. The number of rotatable bonds is 6. The molecule has 38 heavy (non-hydrogen) atoms. The summed E-state index contributed by atoms with van der Waals surface area (Å²) in [4.78, 5) is 16.6. The highest BCUT2D eigenvalue weighted by molar-refractivity contribution is 5.84. The maximum Gasteiger partial charge on any atom is 0.380 e. The maximum absolute atomic E-state index is 12.7. The van der Waals surface area contributed by atoms with Crippen LogP contribution in [0.3, 0.4) is 0 Å². The number of nitrogens with zero attached hydrogens (tertiary/aromatic N) is 2. The second-order valence-electron chi connectivity index (χ2n) is 14.7. The van der Waals surface area contributed by atoms with Gasteiger partial charge in [0.25, 0.3) is 5.82 Å². The van der Waals surface area contributed by atoms with Gasteiger partial charge in [-0.05, 0) is 112 Å². The van der Waals surface area contributed by atoms with Gasteiger partial charge in [0.1, 0.15) is 6.10 Å². The molecule has 0 aliphatic heterocycles. The molecule has 1 aromatic rings. The number of allylic oxidation sites excluding steroid dienone is 4. The standard InChI is InChI=1S/C33H50N2O3/c1-21(2)10-9-11-22(3)23-14-18-33(8)25-12-13-26-30(4,5)27(38-29(36)28-34-20-37-35-28)16-17-31(26,6)24(25)15-19-32(23,33)7/h10,20,22-23,26-27H,9,11-19H2,1-8H3/t22-,23-,26?,27+,31-,32-,33+/m1/s1. The minimum absolute atomic E-state index is 0.0214. The first kappa shape index (κ1) is 27.6. The number of carbonyl (C=O) groups excluding carboxylic acids is 1. The summed E-state index contributed by atoms with van der Waals surface area (Å²) >= 11 is 0. The molecule has 7 atom stereocenters. The highest BCUT2D eigenvalue weighted by atomic mass is 16.6. The smallest absolute Gasteiger partial charge is 0.380 e. The topological polar surface area (TPSA) is 65.2 Å². The largest absolute Gasteiger partial charge is 0.456 e. The molecule has 4 aliphatic carbocycles. The minimum atomic E-state index is -0.465. The number of ether oxygens (including phenoxy) is 1. The summed E-state index contributed by atoms with van der Waals surface area (Å²) in [6.45, 7) is 19.4. The molecule has 5 heteroatoms. The average Bonchev–Trinajstić information content (AvgIpc) is 3.47. The van der Waals surface area contributed by atoms with Crippen LogP contribution in [0.15, 0.2) is 33.7 Å². The van der Waals surface area contributed by atoms with Gasteiger partial charge >= 0.3 is 5.97 Å². The first-order chi connectivity index (χ1) is 17.8. The Morgan fingerprint density at radius 1 is 1.08 bits per heavy atom. The molecule has 1 heterocycles. The molecule has 0 radical (unpaired) electrons. The van der Waals surface area contributed by atoms with E-state index in [2.05, 4.69) is 71.6 Å². The third-order valence-electron chi connectivity index (χ3n) is 12.4. The number of esters is 1. The van der Waals surface area contributed by atoms with Crippen LogP contribution in [-0.4, -0.2) is 22.2 Å². The van der Waals surface area contributed by atoms with Crippen LogP contribution >= 0.6 is 0 Å². The lowest BCUT2D eigenvalue weighted by Gasteiger charge is -2.62. The van der Waals surface area contributed by atoms with Crippen molar-refractivity contribution >= 4 is 5.97 Å². The average molecular weight is 523 g/mol. The van der Waals surface area contributed by atoms with Crippen LogP contribution in [0.2, 0.25) is 0 Å². The van der Waals surface area contributed by atoms with Crippen molar-refractivity contribution in [2.24, 2.45) is 39.4 Å². The zero-order chi connectivity index (χ0) is 27.5. The van der Waals surface area contributed by atoms with Crippen LogP contribution in [-0.2, 0) is 4.74 Å². The van der Waals surface area contributed by atoms with E-state index in [-0.39, 0.29) is 22.8 Å². The molecule has 210 valence electrons. The molecule has 0 aromatic carbocycles. The Hall–Kier alpha value is -1.91. The van der Waals surface area contributed by atoms with Crippen LogP contribution in [0, 0.1) is 39.4 Å².